The van der Waals surface area contributed by atoms with Crippen LogP contribution in [0.2, 0.25) is 12.6 Å². The summed E-state index contributed by atoms with van der Waals surface area (Å²) in [5, 5.41) is 1.42. The maximum atomic E-state index is 3.34. The molecule has 1 aliphatic heterocycles. The molecule has 1 aromatic carbocycles. The lowest BCUT2D eigenvalue weighted by Crippen LogP contribution is -2.35. The van der Waals surface area contributed by atoms with Crippen LogP contribution in [0.1, 0.15) is 6.42 Å². The number of benzene rings is 1. The Balaban J connectivity index is 2.17. The smallest absolute Gasteiger partial charge is 0.178 e. The fourth-order valence-electron chi connectivity index (χ4n) is 2.15. The summed E-state index contributed by atoms with van der Waals surface area (Å²) >= 11 is 0. The molecule has 0 unspecified atom stereocenters. The van der Waals surface area contributed by atoms with E-state index in [1.807, 2.05) is 0 Å². The third kappa shape index (κ3) is 1.01. The highest BCUT2D eigenvalue weighted by Gasteiger charge is 2.25. The van der Waals surface area contributed by atoms with Crippen molar-refractivity contribution in [2.24, 2.45) is 0 Å². The Hall–Kier alpha value is -1.18. The average molecular weight is 169 g/mol. The summed E-state index contributed by atoms with van der Waals surface area (Å²) in [5.74, 6) is 0. The van der Waals surface area contributed by atoms with Gasteiger partial charge in [0.1, 0.15) is 0 Å². The number of hydrogen-bond donors (Lipinski definition) is 1. The SMILES string of the molecule is c1ccc2c(B3CCC3)c[nH]c2c1. The lowest BCUT2D eigenvalue weighted by Gasteiger charge is -2.21. The molecular formula is C11H12BN. The van der Waals surface area contributed by atoms with Crippen LogP contribution in [0.5, 0.6) is 0 Å². The van der Waals surface area contributed by atoms with E-state index < -0.39 is 0 Å². The fourth-order valence-corrected chi connectivity index (χ4v) is 2.15. The monoisotopic (exact) mass is 169 g/mol. The Morgan fingerprint density at radius 1 is 1.15 bits per heavy atom. The van der Waals surface area contributed by atoms with Gasteiger partial charge in [-0.15, -0.1) is 0 Å². The van der Waals surface area contributed by atoms with Gasteiger partial charge in [0, 0.05) is 5.52 Å². The van der Waals surface area contributed by atoms with Crippen LogP contribution in [0.25, 0.3) is 10.9 Å². The molecule has 2 heteroatoms. The van der Waals surface area contributed by atoms with Crippen molar-refractivity contribution in [3.05, 3.63) is 30.5 Å². The molecule has 0 aliphatic carbocycles. The zero-order chi connectivity index (χ0) is 8.67. The Bertz CT molecular complexity index is 428. The van der Waals surface area contributed by atoms with Gasteiger partial charge < -0.3 is 4.98 Å². The molecule has 1 fully saturated rings. The van der Waals surface area contributed by atoms with E-state index in [9.17, 15) is 0 Å². The van der Waals surface area contributed by atoms with E-state index in [0.717, 1.165) is 6.71 Å². The van der Waals surface area contributed by atoms with Gasteiger partial charge in [0.25, 0.3) is 0 Å². The van der Waals surface area contributed by atoms with Gasteiger partial charge in [-0.25, -0.2) is 0 Å². The first-order chi connectivity index (χ1) is 6.45. The van der Waals surface area contributed by atoms with Crippen LogP contribution in [0, 0.1) is 0 Å². The predicted octanol–water partition coefficient (Wildman–Crippen LogP) is 2.27. The summed E-state index contributed by atoms with van der Waals surface area (Å²) in [4.78, 5) is 3.34. The summed E-state index contributed by atoms with van der Waals surface area (Å²) in [7, 11) is 0. The van der Waals surface area contributed by atoms with Gasteiger partial charge in [0.05, 0.1) is 0 Å². The summed E-state index contributed by atoms with van der Waals surface area (Å²) in [6, 6.07) is 8.58. The molecule has 0 bridgehead atoms. The highest BCUT2D eigenvalue weighted by molar-refractivity contribution is 6.77. The zero-order valence-corrected chi connectivity index (χ0v) is 7.59. The van der Waals surface area contributed by atoms with Gasteiger partial charge >= 0.3 is 0 Å². The van der Waals surface area contributed by atoms with Crippen LogP contribution in [0.15, 0.2) is 30.5 Å². The van der Waals surface area contributed by atoms with Crippen molar-refractivity contribution >= 4 is 23.1 Å². The summed E-state index contributed by atoms with van der Waals surface area (Å²) in [6.45, 7) is 0.830. The standard InChI is InChI=1S/C11H12BN/c1-2-5-11-9(4-1)10(8-13-11)12-6-3-7-12/h1-2,4-5,8,13H,3,6-7H2. The molecule has 13 heavy (non-hydrogen) atoms. The highest BCUT2D eigenvalue weighted by atomic mass is 14.7. The molecule has 0 spiro atoms. The Kier molecular flexibility index (Phi) is 1.48. The topological polar surface area (TPSA) is 15.8 Å². The van der Waals surface area contributed by atoms with Gasteiger partial charge in [0.15, 0.2) is 6.71 Å². The molecule has 0 amide bonds. The van der Waals surface area contributed by atoms with Crippen LogP contribution in [0.3, 0.4) is 0 Å². The van der Waals surface area contributed by atoms with Crippen LogP contribution < -0.4 is 5.46 Å². The summed E-state index contributed by atoms with van der Waals surface area (Å²) in [5.41, 5.74) is 2.81. The van der Waals surface area contributed by atoms with E-state index >= 15 is 0 Å². The third-order valence-electron chi connectivity index (χ3n) is 3.17. The van der Waals surface area contributed by atoms with E-state index in [1.54, 1.807) is 0 Å². The molecule has 0 radical (unpaired) electrons. The van der Waals surface area contributed by atoms with E-state index in [0.29, 0.717) is 0 Å². The normalized spacial score (nSPS) is 16.2. The second-order valence-electron chi connectivity index (χ2n) is 3.92. The minimum Gasteiger partial charge on any atom is -0.362 e. The first-order valence-corrected chi connectivity index (χ1v) is 5.01. The Morgan fingerprint density at radius 2 is 2.00 bits per heavy atom. The molecule has 1 aromatic heterocycles. The maximum absolute atomic E-state index is 3.34. The predicted molar refractivity (Wildman–Crippen MR) is 57.9 cm³/mol. The molecule has 64 valence electrons. The number of aromatic nitrogens is 1. The van der Waals surface area contributed by atoms with Crippen LogP contribution in [-0.4, -0.2) is 11.7 Å². The molecular weight excluding hydrogens is 157 g/mol. The largest absolute Gasteiger partial charge is 0.362 e. The lowest BCUT2D eigenvalue weighted by atomic mass is 9.32. The van der Waals surface area contributed by atoms with Crippen molar-refractivity contribution < 1.29 is 0 Å². The third-order valence-corrected chi connectivity index (χ3v) is 3.17. The molecule has 0 atom stereocenters. The molecule has 1 saturated heterocycles. The van der Waals surface area contributed by atoms with E-state index in [2.05, 4.69) is 35.4 Å². The van der Waals surface area contributed by atoms with Gasteiger partial charge in [0.2, 0.25) is 0 Å². The van der Waals surface area contributed by atoms with Crippen LogP contribution in [0.4, 0.5) is 0 Å². The molecule has 3 rings (SSSR count). The van der Waals surface area contributed by atoms with Crippen molar-refractivity contribution in [3.8, 4) is 0 Å². The average Bonchev–Trinajstić information content (AvgIpc) is 2.47. The first kappa shape index (κ1) is 7.25. The lowest BCUT2D eigenvalue weighted by molar-refractivity contribution is 0.952. The zero-order valence-electron chi connectivity index (χ0n) is 7.59. The number of aromatic amines is 1. The molecule has 2 aromatic rings. The minimum absolute atomic E-state index is 0.830. The van der Waals surface area contributed by atoms with E-state index in [1.165, 1.54) is 35.4 Å². The number of para-hydroxylation sites is 1. The number of nitrogens with one attached hydrogen (secondary N) is 1. The summed E-state index contributed by atoms with van der Waals surface area (Å²) < 4.78 is 0. The van der Waals surface area contributed by atoms with E-state index in [4.69, 9.17) is 0 Å². The minimum atomic E-state index is 0.830. The second kappa shape index (κ2) is 2.66. The number of hydrogen-bond acceptors (Lipinski definition) is 0. The fraction of sp³-hybridized carbons (Fsp3) is 0.273. The first-order valence-electron chi connectivity index (χ1n) is 5.01. The van der Waals surface area contributed by atoms with Crippen molar-refractivity contribution in [3.63, 3.8) is 0 Å². The quantitative estimate of drug-likeness (QED) is 0.630. The molecule has 1 aliphatic rings. The van der Waals surface area contributed by atoms with Gasteiger partial charge in [-0.05, 0) is 17.6 Å². The van der Waals surface area contributed by atoms with Crippen molar-refractivity contribution in [2.75, 3.05) is 0 Å². The van der Waals surface area contributed by atoms with E-state index in [-0.39, 0.29) is 0 Å². The maximum Gasteiger partial charge on any atom is 0.178 e. The Labute approximate surface area is 78.2 Å². The van der Waals surface area contributed by atoms with Gasteiger partial charge in [-0.3, -0.25) is 0 Å². The Morgan fingerprint density at radius 3 is 2.77 bits per heavy atom. The number of H-pyrrole nitrogens is 1. The molecule has 2 heterocycles. The molecule has 0 saturated carbocycles. The van der Waals surface area contributed by atoms with Crippen LogP contribution >= 0.6 is 0 Å². The second-order valence-corrected chi connectivity index (χ2v) is 3.92. The molecule has 1 nitrogen and oxygen atoms in total. The number of fused-ring (bicyclic) bond motifs is 1. The van der Waals surface area contributed by atoms with Gasteiger partial charge in [-0.2, -0.15) is 0 Å². The van der Waals surface area contributed by atoms with Gasteiger partial charge in [-0.1, -0.05) is 42.7 Å². The number of rotatable bonds is 1. The highest BCUT2D eigenvalue weighted by Crippen LogP contribution is 2.22. The molecule has 1 N–H and O–H groups in total. The van der Waals surface area contributed by atoms with Crippen molar-refractivity contribution in [1.29, 1.82) is 0 Å². The van der Waals surface area contributed by atoms with Crippen molar-refractivity contribution in [1.82, 2.24) is 4.98 Å². The summed E-state index contributed by atoms with van der Waals surface area (Å²) in [6.07, 6.45) is 6.35. The van der Waals surface area contributed by atoms with Crippen molar-refractivity contribution in [2.45, 2.75) is 19.1 Å². The van der Waals surface area contributed by atoms with Crippen LogP contribution in [-0.2, 0) is 0 Å².